The largest absolute Gasteiger partial charge is 0.354 e. The van der Waals surface area contributed by atoms with Crippen LogP contribution in [0.3, 0.4) is 0 Å². The third-order valence-corrected chi connectivity index (χ3v) is 4.57. The van der Waals surface area contributed by atoms with Crippen LogP contribution in [0.2, 0.25) is 0 Å². The van der Waals surface area contributed by atoms with Gasteiger partial charge in [0.15, 0.2) is 5.96 Å². The molecule has 26 heavy (non-hydrogen) atoms. The molecule has 1 aliphatic carbocycles. The molecule has 0 spiro atoms. The van der Waals surface area contributed by atoms with Crippen molar-refractivity contribution in [2.75, 3.05) is 27.2 Å². The smallest absolute Gasteiger partial charge is 0.223 e. The summed E-state index contributed by atoms with van der Waals surface area (Å²) in [5, 5.41) is 6.23. The van der Waals surface area contributed by atoms with Gasteiger partial charge in [-0.1, -0.05) is 31.4 Å². The number of hydrogen-bond donors (Lipinski definition) is 2. The van der Waals surface area contributed by atoms with Gasteiger partial charge in [-0.05, 0) is 30.5 Å². The van der Waals surface area contributed by atoms with Crippen LogP contribution in [0.25, 0.3) is 0 Å². The number of aliphatic imine (C=N–C) groups is 1. The van der Waals surface area contributed by atoms with Crippen molar-refractivity contribution in [2.45, 2.75) is 38.6 Å². The Bertz CT molecular complexity index is 591. The molecule has 2 N–H and O–H groups in total. The number of nitrogens with one attached hydrogen (secondary N) is 2. The Morgan fingerprint density at radius 3 is 2.58 bits per heavy atom. The van der Waals surface area contributed by atoms with E-state index in [0.717, 1.165) is 37.2 Å². The standard InChI is InChI=1S/C19H29FN4O.HI/c1-21-19(24(2)14-15-7-6-10-17(20)13-15)23-12-11-22-18(25)16-8-4-3-5-9-16;/h6-7,10,13,16H,3-5,8-9,11-12,14H2,1-2H3,(H,21,23)(H,22,25);1H. The topological polar surface area (TPSA) is 56.7 Å². The number of benzene rings is 1. The summed E-state index contributed by atoms with van der Waals surface area (Å²) in [6.07, 6.45) is 5.59. The summed E-state index contributed by atoms with van der Waals surface area (Å²) in [4.78, 5) is 18.3. The molecule has 0 unspecified atom stereocenters. The van der Waals surface area contributed by atoms with E-state index in [0.29, 0.717) is 19.6 Å². The summed E-state index contributed by atoms with van der Waals surface area (Å²) in [5.41, 5.74) is 0.885. The lowest BCUT2D eigenvalue weighted by Crippen LogP contribution is -2.43. The van der Waals surface area contributed by atoms with E-state index in [-0.39, 0.29) is 41.6 Å². The SMILES string of the molecule is CN=C(NCCNC(=O)C1CCCCC1)N(C)Cc1cccc(F)c1.I. The predicted molar refractivity (Wildman–Crippen MR) is 114 cm³/mol. The normalized spacial score (nSPS) is 15.1. The van der Waals surface area contributed by atoms with Crippen LogP contribution >= 0.6 is 24.0 Å². The highest BCUT2D eigenvalue weighted by Gasteiger charge is 2.20. The summed E-state index contributed by atoms with van der Waals surface area (Å²) in [6, 6.07) is 6.55. The van der Waals surface area contributed by atoms with E-state index >= 15 is 0 Å². The minimum atomic E-state index is -0.237. The van der Waals surface area contributed by atoms with Gasteiger partial charge >= 0.3 is 0 Å². The average molecular weight is 476 g/mol. The van der Waals surface area contributed by atoms with E-state index in [1.807, 2.05) is 18.0 Å². The molecule has 0 radical (unpaired) electrons. The van der Waals surface area contributed by atoms with Gasteiger partial charge in [0.2, 0.25) is 5.91 Å². The van der Waals surface area contributed by atoms with Crippen molar-refractivity contribution in [3.8, 4) is 0 Å². The van der Waals surface area contributed by atoms with E-state index in [4.69, 9.17) is 0 Å². The van der Waals surface area contributed by atoms with Crippen molar-refractivity contribution in [3.05, 3.63) is 35.6 Å². The molecule has 7 heteroatoms. The minimum absolute atomic E-state index is 0. The number of halogens is 2. The van der Waals surface area contributed by atoms with Crippen molar-refractivity contribution < 1.29 is 9.18 Å². The zero-order valence-corrected chi connectivity index (χ0v) is 18.0. The van der Waals surface area contributed by atoms with Gasteiger partial charge in [-0.2, -0.15) is 0 Å². The molecule has 0 heterocycles. The maximum Gasteiger partial charge on any atom is 0.223 e. The maximum atomic E-state index is 13.3. The second-order valence-electron chi connectivity index (χ2n) is 6.59. The monoisotopic (exact) mass is 476 g/mol. The first kappa shape index (κ1) is 22.7. The van der Waals surface area contributed by atoms with Crippen LogP contribution in [0.1, 0.15) is 37.7 Å². The zero-order valence-electron chi connectivity index (χ0n) is 15.6. The van der Waals surface area contributed by atoms with Gasteiger partial charge in [-0.15, -0.1) is 24.0 Å². The number of hydrogen-bond acceptors (Lipinski definition) is 2. The highest BCUT2D eigenvalue weighted by Crippen LogP contribution is 2.23. The molecule has 1 saturated carbocycles. The van der Waals surface area contributed by atoms with Gasteiger partial charge in [0.05, 0.1) is 0 Å². The fraction of sp³-hybridized carbons (Fsp3) is 0.579. The van der Waals surface area contributed by atoms with Gasteiger partial charge < -0.3 is 15.5 Å². The number of nitrogens with zero attached hydrogens (tertiary/aromatic N) is 2. The first-order chi connectivity index (χ1) is 12.1. The van der Waals surface area contributed by atoms with E-state index < -0.39 is 0 Å². The Kier molecular flexibility index (Phi) is 10.5. The van der Waals surface area contributed by atoms with E-state index in [2.05, 4.69) is 15.6 Å². The molecule has 0 bridgehead atoms. The Morgan fingerprint density at radius 2 is 1.92 bits per heavy atom. The van der Waals surface area contributed by atoms with Crippen LogP contribution in [0.15, 0.2) is 29.3 Å². The summed E-state index contributed by atoms with van der Waals surface area (Å²) in [7, 11) is 3.62. The number of guanidine groups is 1. The summed E-state index contributed by atoms with van der Waals surface area (Å²) >= 11 is 0. The summed E-state index contributed by atoms with van der Waals surface area (Å²) in [6.45, 7) is 1.74. The Morgan fingerprint density at radius 1 is 1.23 bits per heavy atom. The molecule has 5 nitrogen and oxygen atoms in total. The second kappa shape index (κ2) is 12.1. The van der Waals surface area contributed by atoms with Crippen LogP contribution < -0.4 is 10.6 Å². The van der Waals surface area contributed by atoms with Gasteiger partial charge in [-0.25, -0.2) is 4.39 Å². The molecule has 0 aromatic heterocycles. The molecule has 1 aliphatic rings. The quantitative estimate of drug-likeness (QED) is 0.287. The number of amides is 1. The van der Waals surface area contributed by atoms with Gasteiger partial charge in [-0.3, -0.25) is 9.79 Å². The van der Waals surface area contributed by atoms with E-state index in [1.54, 1.807) is 13.1 Å². The predicted octanol–water partition coefficient (Wildman–Crippen LogP) is 3.15. The maximum absolute atomic E-state index is 13.3. The molecule has 146 valence electrons. The van der Waals surface area contributed by atoms with Crippen molar-refractivity contribution in [1.29, 1.82) is 0 Å². The zero-order chi connectivity index (χ0) is 18.1. The third-order valence-electron chi connectivity index (χ3n) is 4.57. The molecular formula is C19H30FIN4O. The van der Waals surface area contributed by atoms with E-state index in [1.165, 1.54) is 18.6 Å². The first-order valence-corrected chi connectivity index (χ1v) is 9.04. The molecule has 2 rings (SSSR count). The number of carbonyl (C=O) groups excluding carboxylic acids is 1. The van der Waals surface area contributed by atoms with E-state index in [9.17, 15) is 9.18 Å². The van der Waals surface area contributed by atoms with Gasteiger partial charge in [0, 0.05) is 39.6 Å². The van der Waals surface area contributed by atoms with Crippen molar-refractivity contribution in [1.82, 2.24) is 15.5 Å². The fourth-order valence-corrected chi connectivity index (χ4v) is 3.24. The van der Waals surface area contributed by atoms with Crippen molar-refractivity contribution in [3.63, 3.8) is 0 Å². The number of rotatable bonds is 6. The van der Waals surface area contributed by atoms with Crippen LogP contribution in [0.4, 0.5) is 4.39 Å². The fourth-order valence-electron chi connectivity index (χ4n) is 3.24. The van der Waals surface area contributed by atoms with Crippen LogP contribution in [0, 0.1) is 11.7 Å². The average Bonchev–Trinajstić information content (AvgIpc) is 2.62. The van der Waals surface area contributed by atoms with Crippen LogP contribution in [0.5, 0.6) is 0 Å². The van der Waals surface area contributed by atoms with Crippen molar-refractivity contribution in [2.24, 2.45) is 10.9 Å². The van der Waals surface area contributed by atoms with Crippen LogP contribution in [-0.2, 0) is 11.3 Å². The molecule has 0 aliphatic heterocycles. The van der Waals surface area contributed by atoms with Crippen molar-refractivity contribution >= 4 is 35.8 Å². The molecule has 1 aromatic rings. The lowest BCUT2D eigenvalue weighted by atomic mass is 9.89. The Hall–Kier alpha value is -1.38. The highest BCUT2D eigenvalue weighted by atomic mass is 127. The first-order valence-electron chi connectivity index (χ1n) is 9.04. The summed E-state index contributed by atoms with van der Waals surface area (Å²) < 4.78 is 13.3. The van der Waals surface area contributed by atoms with Crippen LogP contribution in [-0.4, -0.2) is 44.0 Å². The molecule has 0 atom stereocenters. The minimum Gasteiger partial charge on any atom is -0.354 e. The molecule has 1 amide bonds. The Labute approximate surface area is 172 Å². The molecular weight excluding hydrogens is 446 g/mol. The molecule has 0 saturated heterocycles. The Balaban J connectivity index is 0.00000338. The van der Waals surface area contributed by atoms with Gasteiger partial charge in [0.25, 0.3) is 0 Å². The molecule has 1 aromatic carbocycles. The highest BCUT2D eigenvalue weighted by molar-refractivity contribution is 14.0. The third kappa shape index (κ3) is 7.47. The summed E-state index contributed by atoms with van der Waals surface area (Å²) in [5.74, 6) is 0.837. The number of carbonyl (C=O) groups is 1. The molecule has 1 fully saturated rings. The lowest BCUT2D eigenvalue weighted by molar-refractivity contribution is -0.125. The van der Waals surface area contributed by atoms with Gasteiger partial charge in [0.1, 0.15) is 5.82 Å². The lowest BCUT2D eigenvalue weighted by Gasteiger charge is -2.23. The second-order valence-corrected chi connectivity index (χ2v) is 6.59.